The van der Waals surface area contributed by atoms with Crippen molar-refractivity contribution in [1.29, 1.82) is 0 Å². The molecule has 1 fully saturated rings. The molecule has 37 heavy (non-hydrogen) atoms. The fourth-order valence-electron chi connectivity index (χ4n) is 5.16. The summed E-state index contributed by atoms with van der Waals surface area (Å²) in [4.78, 5) is 28.9. The fourth-order valence-corrected chi connectivity index (χ4v) is 5.16. The highest BCUT2D eigenvalue weighted by atomic mass is 19.1. The molecule has 2 heterocycles. The lowest BCUT2D eigenvalue weighted by Crippen LogP contribution is -2.41. The van der Waals surface area contributed by atoms with E-state index in [-0.39, 0.29) is 24.2 Å². The van der Waals surface area contributed by atoms with Crippen molar-refractivity contribution >= 4 is 45.3 Å². The second-order valence-electron chi connectivity index (χ2n) is 9.68. The number of halogens is 1. The van der Waals surface area contributed by atoms with Gasteiger partial charge in [0.25, 0.3) is 0 Å². The molecule has 1 aromatic heterocycles. The Morgan fingerprint density at radius 3 is 2.62 bits per heavy atom. The summed E-state index contributed by atoms with van der Waals surface area (Å²) >= 11 is 0. The molecule has 8 heteroatoms. The number of likely N-dealkylation sites (tertiary alicyclic amines) is 1. The lowest BCUT2D eigenvalue weighted by molar-refractivity contribution is -0.131. The molecule has 1 N–H and O–H groups in total. The summed E-state index contributed by atoms with van der Waals surface area (Å²) in [5.74, 6) is -1.55. The van der Waals surface area contributed by atoms with Gasteiger partial charge in [-0.3, -0.25) is 9.48 Å². The van der Waals surface area contributed by atoms with E-state index in [0.29, 0.717) is 27.7 Å². The summed E-state index contributed by atoms with van der Waals surface area (Å²) in [6.07, 6.45) is 5.73. The highest BCUT2D eigenvalue weighted by Crippen LogP contribution is 2.32. The minimum Gasteiger partial charge on any atom is -0.478 e. The van der Waals surface area contributed by atoms with Crippen LogP contribution in [0.25, 0.3) is 27.8 Å². The van der Waals surface area contributed by atoms with Crippen LogP contribution in [0.1, 0.15) is 24.0 Å². The molecular weight excluding hydrogens is 471 g/mol. The Morgan fingerprint density at radius 2 is 1.86 bits per heavy atom. The van der Waals surface area contributed by atoms with E-state index in [1.54, 1.807) is 36.3 Å². The van der Waals surface area contributed by atoms with Gasteiger partial charge in [-0.25, -0.2) is 9.18 Å². The van der Waals surface area contributed by atoms with E-state index >= 15 is 4.39 Å². The molecule has 4 aromatic rings. The van der Waals surface area contributed by atoms with Gasteiger partial charge in [-0.15, -0.1) is 0 Å². The molecule has 1 aliphatic rings. The number of aryl methyl sites for hydroxylation is 1. The largest absolute Gasteiger partial charge is 0.478 e. The summed E-state index contributed by atoms with van der Waals surface area (Å²) < 4.78 is 17.4. The van der Waals surface area contributed by atoms with Crippen LogP contribution in [0.4, 0.5) is 10.1 Å². The van der Waals surface area contributed by atoms with Crippen molar-refractivity contribution in [2.24, 2.45) is 13.0 Å². The van der Waals surface area contributed by atoms with Gasteiger partial charge >= 0.3 is 5.97 Å². The summed E-state index contributed by atoms with van der Waals surface area (Å²) in [5.41, 5.74) is 2.44. The number of carbonyl (C=O) groups is 2. The van der Waals surface area contributed by atoms with E-state index < -0.39 is 5.97 Å². The third-order valence-electron chi connectivity index (χ3n) is 7.15. The highest BCUT2D eigenvalue weighted by Gasteiger charge is 2.29. The van der Waals surface area contributed by atoms with E-state index in [4.69, 9.17) is 5.11 Å². The number of benzene rings is 3. The third-order valence-corrected chi connectivity index (χ3v) is 7.15. The number of aromatic nitrogens is 2. The van der Waals surface area contributed by atoms with Gasteiger partial charge in [0.1, 0.15) is 5.52 Å². The predicted octanol–water partition coefficient (Wildman–Crippen LogP) is 4.84. The topological polar surface area (TPSA) is 78.7 Å². The van der Waals surface area contributed by atoms with Crippen LogP contribution in [0.5, 0.6) is 0 Å². The number of amides is 1. The number of fused-ring (bicyclic) bond motifs is 2. The van der Waals surface area contributed by atoms with Gasteiger partial charge in [-0.2, -0.15) is 5.10 Å². The number of aliphatic carboxylic acids is 1. The smallest absolute Gasteiger partial charge is 0.328 e. The molecule has 0 atom stereocenters. The van der Waals surface area contributed by atoms with Crippen molar-refractivity contribution in [1.82, 2.24) is 14.7 Å². The van der Waals surface area contributed by atoms with Crippen LogP contribution < -0.4 is 4.90 Å². The van der Waals surface area contributed by atoms with E-state index in [2.05, 4.69) is 17.0 Å². The van der Waals surface area contributed by atoms with Gasteiger partial charge in [0.2, 0.25) is 5.91 Å². The van der Waals surface area contributed by atoms with Gasteiger partial charge in [0, 0.05) is 35.5 Å². The standard InChI is InChI=1S/C29H29FN4O3/c1-32-13-11-20(12-14-32)29(37)34(24-8-3-5-19(15-24)9-10-25(35)36)18-22-7-4-6-21-16-23-17-31-33(2)28(23)27(30)26(21)22/h3-10,15-17,20H,11-14,18H2,1-2H3,(H,35,36)/b10-9+. The van der Waals surface area contributed by atoms with Gasteiger partial charge < -0.3 is 14.9 Å². The molecular formula is C29H29FN4O3. The number of nitrogens with zero attached hydrogens (tertiary/aromatic N) is 4. The molecule has 7 nitrogen and oxygen atoms in total. The van der Waals surface area contributed by atoms with E-state index in [1.165, 1.54) is 10.8 Å². The Hall–Kier alpha value is -4.04. The summed E-state index contributed by atoms with van der Waals surface area (Å²) in [6.45, 7) is 1.87. The lowest BCUT2D eigenvalue weighted by Gasteiger charge is -2.33. The van der Waals surface area contributed by atoms with E-state index in [0.717, 1.165) is 42.8 Å². The molecule has 5 rings (SSSR count). The van der Waals surface area contributed by atoms with Crippen molar-refractivity contribution < 1.29 is 19.1 Å². The zero-order valence-corrected chi connectivity index (χ0v) is 20.9. The Kier molecular flexibility index (Phi) is 6.76. The molecule has 1 saturated heterocycles. The number of hydrogen-bond donors (Lipinski definition) is 1. The quantitative estimate of drug-likeness (QED) is 0.384. The Morgan fingerprint density at radius 1 is 1.11 bits per heavy atom. The molecule has 0 radical (unpaired) electrons. The molecule has 0 unspecified atom stereocenters. The maximum Gasteiger partial charge on any atom is 0.328 e. The summed E-state index contributed by atoms with van der Waals surface area (Å²) in [6, 6.07) is 14.8. The van der Waals surface area contributed by atoms with Gasteiger partial charge in [-0.05, 0) is 73.8 Å². The van der Waals surface area contributed by atoms with Crippen molar-refractivity contribution in [2.45, 2.75) is 19.4 Å². The average Bonchev–Trinajstić information content (AvgIpc) is 3.26. The minimum absolute atomic E-state index is 0.00788. The lowest BCUT2D eigenvalue weighted by atomic mass is 9.94. The van der Waals surface area contributed by atoms with Crippen LogP contribution >= 0.6 is 0 Å². The fraction of sp³-hybridized carbons (Fsp3) is 0.276. The zero-order chi connectivity index (χ0) is 26.1. The first-order valence-corrected chi connectivity index (χ1v) is 12.3. The Bertz CT molecular complexity index is 1520. The first-order valence-electron chi connectivity index (χ1n) is 12.3. The molecule has 0 bridgehead atoms. The second-order valence-corrected chi connectivity index (χ2v) is 9.68. The average molecular weight is 501 g/mol. The van der Waals surface area contributed by atoms with Crippen molar-refractivity contribution in [3.8, 4) is 0 Å². The maximum atomic E-state index is 15.9. The number of carboxylic acids is 1. The van der Waals surface area contributed by atoms with Crippen molar-refractivity contribution in [3.05, 3.63) is 77.7 Å². The molecule has 1 aliphatic heterocycles. The van der Waals surface area contributed by atoms with Gasteiger partial charge in [-0.1, -0.05) is 30.3 Å². The van der Waals surface area contributed by atoms with Crippen molar-refractivity contribution in [2.75, 3.05) is 25.0 Å². The number of carbonyl (C=O) groups excluding carboxylic acids is 1. The Balaban J connectivity index is 1.59. The molecule has 190 valence electrons. The number of rotatable bonds is 6. The SMILES string of the molecule is CN1CCC(C(=O)N(Cc2cccc3cc4cnn(C)c4c(F)c23)c2cccc(/C=C/C(=O)O)c2)CC1. The minimum atomic E-state index is -1.04. The molecule has 0 aliphatic carbocycles. The molecule has 0 saturated carbocycles. The molecule has 0 spiro atoms. The highest BCUT2D eigenvalue weighted by molar-refractivity contribution is 6.00. The third kappa shape index (κ3) is 4.97. The van der Waals surface area contributed by atoms with Crippen LogP contribution in [-0.4, -0.2) is 51.8 Å². The number of anilines is 1. The number of carboxylic acid groups (broad SMARTS) is 1. The number of piperidine rings is 1. The zero-order valence-electron chi connectivity index (χ0n) is 20.9. The second kappa shape index (κ2) is 10.1. The van der Waals surface area contributed by atoms with Crippen LogP contribution in [0.15, 0.2) is 60.8 Å². The van der Waals surface area contributed by atoms with E-state index in [9.17, 15) is 9.59 Å². The van der Waals surface area contributed by atoms with Crippen LogP contribution in [-0.2, 0) is 23.2 Å². The van der Waals surface area contributed by atoms with Crippen LogP contribution in [0.2, 0.25) is 0 Å². The van der Waals surface area contributed by atoms with Crippen LogP contribution in [0, 0.1) is 11.7 Å². The first-order chi connectivity index (χ1) is 17.8. The van der Waals surface area contributed by atoms with Gasteiger partial charge in [0.05, 0.1) is 12.7 Å². The predicted molar refractivity (Wildman–Crippen MR) is 143 cm³/mol. The Labute approximate surface area is 214 Å². The first kappa shape index (κ1) is 24.6. The van der Waals surface area contributed by atoms with Crippen molar-refractivity contribution in [3.63, 3.8) is 0 Å². The monoisotopic (exact) mass is 500 g/mol. The normalized spacial score (nSPS) is 15.1. The summed E-state index contributed by atoms with van der Waals surface area (Å²) in [5, 5.41) is 15.2. The molecule has 3 aromatic carbocycles. The summed E-state index contributed by atoms with van der Waals surface area (Å²) in [7, 11) is 3.76. The van der Waals surface area contributed by atoms with Gasteiger partial charge in [0.15, 0.2) is 5.82 Å². The molecule has 1 amide bonds. The van der Waals surface area contributed by atoms with Crippen LogP contribution in [0.3, 0.4) is 0 Å². The van der Waals surface area contributed by atoms with E-state index in [1.807, 2.05) is 30.3 Å². The number of hydrogen-bond acceptors (Lipinski definition) is 4. The maximum absolute atomic E-state index is 15.9.